The molecule has 2 aromatic rings. The Morgan fingerprint density at radius 2 is 1.57 bits per heavy atom. The fourth-order valence-electron chi connectivity index (χ4n) is 1.74. The van der Waals surface area contributed by atoms with Gasteiger partial charge in [0, 0.05) is 6.07 Å². The van der Waals surface area contributed by atoms with Crippen LogP contribution in [0.25, 0.3) is 0 Å². The molecule has 0 unspecified atom stereocenters. The van der Waals surface area contributed by atoms with Crippen LogP contribution >= 0.6 is 0 Å². The maximum atomic E-state index is 12.0. The molecule has 0 aliphatic carbocycles. The van der Waals surface area contributed by atoms with E-state index in [1.54, 1.807) is 42.5 Å². The van der Waals surface area contributed by atoms with Crippen LogP contribution in [-0.2, 0) is 4.74 Å². The van der Waals surface area contributed by atoms with Gasteiger partial charge in [-0.3, -0.25) is 0 Å². The van der Waals surface area contributed by atoms with E-state index in [9.17, 15) is 9.59 Å². The molecule has 5 nitrogen and oxygen atoms in total. The van der Waals surface area contributed by atoms with E-state index in [0.717, 1.165) is 0 Å². The molecule has 2 aromatic carbocycles. The topological polar surface area (TPSA) is 61.8 Å². The SMILES string of the molecule is COc1ccc(C(=O)OC(=O)c2ccccc2)c(OC)c1. The molecule has 0 fully saturated rings. The summed E-state index contributed by atoms with van der Waals surface area (Å²) in [6, 6.07) is 12.9. The summed E-state index contributed by atoms with van der Waals surface area (Å²) in [5, 5.41) is 0. The quantitative estimate of drug-likeness (QED) is 0.639. The number of ether oxygens (including phenoxy) is 3. The van der Waals surface area contributed by atoms with Gasteiger partial charge in [0.15, 0.2) is 0 Å². The molecule has 0 amide bonds. The van der Waals surface area contributed by atoms with Crippen molar-refractivity contribution in [3.8, 4) is 11.5 Å². The molecule has 0 aliphatic rings. The molecular formula is C16H14O5. The monoisotopic (exact) mass is 286 g/mol. The maximum Gasteiger partial charge on any atom is 0.349 e. The van der Waals surface area contributed by atoms with Crippen molar-refractivity contribution < 1.29 is 23.8 Å². The summed E-state index contributed by atoms with van der Waals surface area (Å²) in [6.45, 7) is 0. The van der Waals surface area contributed by atoms with Gasteiger partial charge in [0.2, 0.25) is 0 Å². The summed E-state index contributed by atoms with van der Waals surface area (Å²) in [6.07, 6.45) is 0. The van der Waals surface area contributed by atoms with Gasteiger partial charge in [0.25, 0.3) is 0 Å². The first-order valence-corrected chi connectivity index (χ1v) is 6.19. The molecule has 0 radical (unpaired) electrons. The molecule has 0 heterocycles. The lowest BCUT2D eigenvalue weighted by Crippen LogP contribution is -2.13. The Bertz CT molecular complexity index is 649. The predicted octanol–water partition coefficient (Wildman–Crippen LogP) is 2.70. The number of hydrogen-bond acceptors (Lipinski definition) is 5. The highest BCUT2D eigenvalue weighted by Gasteiger charge is 2.19. The van der Waals surface area contributed by atoms with Crippen LogP contribution in [0.15, 0.2) is 48.5 Å². The number of hydrogen-bond donors (Lipinski definition) is 0. The lowest BCUT2D eigenvalue weighted by molar-refractivity contribution is 0.0396. The van der Waals surface area contributed by atoms with Gasteiger partial charge in [-0.25, -0.2) is 9.59 Å². The lowest BCUT2D eigenvalue weighted by Gasteiger charge is -2.09. The van der Waals surface area contributed by atoms with Crippen molar-refractivity contribution in [3.63, 3.8) is 0 Å². The Balaban J connectivity index is 2.19. The average molecular weight is 286 g/mol. The summed E-state index contributed by atoms with van der Waals surface area (Å²) in [4.78, 5) is 23.9. The largest absolute Gasteiger partial charge is 0.497 e. The molecule has 21 heavy (non-hydrogen) atoms. The number of methoxy groups -OCH3 is 2. The second-order valence-electron chi connectivity index (χ2n) is 4.11. The van der Waals surface area contributed by atoms with Gasteiger partial charge < -0.3 is 14.2 Å². The van der Waals surface area contributed by atoms with Crippen molar-refractivity contribution in [2.24, 2.45) is 0 Å². The highest BCUT2D eigenvalue weighted by Crippen LogP contribution is 2.25. The summed E-state index contributed by atoms with van der Waals surface area (Å²) in [5.74, 6) is -0.667. The van der Waals surface area contributed by atoms with Crippen LogP contribution < -0.4 is 9.47 Å². The van der Waals surface area contributed by atoms with Gasteiger partial charge in [0.1, 0.15) is 17.1 Å². The van der Waals surface area contributed by atoms with Crippen LogP contribution in [0.2, 0.25) is 0 Å². The second-order valence-corrected chi connectivity index (χ2v) is 4.11. The molecule has 2 rings (SSSR count). The standard InChI is InChI=1S/C16H14O5/c1-19-12-8-9-13(14(10-12)20-2)16(18)21-15(17)11-6-4-3-5-7-11/h3-10H,1-2H3. The van der Waals surface area contributed by atoms with Gasteiger partial charge in [-0.05, 0) is 24.3 Å². The first-order valence-electron chi connectivity index (χ1n) is 6.19. The van der Waals surface area contributed by atoms with Crippen LogP contribution in [0.3, 0.4) is 0 Å². The average Bonchev–Trinajstić information content (AvgIpc) is 2.54. The van der Waals surface area contributed by atoms with E-state index in [4.69, 9.17) is 14.2 Å². The highest BCUT2D eigenvalue weighted by atomic mass is 16.6. The zero-order valence-corrected chi connectivity index (χ0v) is 11.7. The zero-order valence-electron chi connectivity index (χ0n) is 11.7. The van der Waals surface area contributed by atoms with Gasteiger partial charge in [0.05, 0.1) is 19.8 Å². The van der Waals surface area contributed by atoms with Crippen molar-refractivity contribution >= 4 is 11.9 Å². The van der Waals surface area contributed by atoms with Gasteiger partial charge >= 0.3 is 11.9 Å². The summed E-state index contributed by atoms with van der Waals surface area (Å²) in [5.41, 5.74) is 0.459. The minimum atomic E-state index is -0.775. The fraction of sp³-hybridized carbons (Fsp3) is 0.125. The minimum Gasteiger partial charge on any atom is -0.497 e. The van der Waals surface area contributed by atoms with Crippen LogP contribution in [0.4, 0.5) is 0 Å². The molecule has 108 valence electrons. The highest BCUT2D eigenvalue weighted by molar-refractivity contribution is 6.03. The number of carbonyl (C=O) groups is 2. The molecule has 0 saturated carbocycles. The Morgan fingerprint density at radius 1 is 0.857 bits per heavy atom. The number of carbonyl (C=O) groups excluding carboxylic acids is 2. The Labute approximate surface area is 122 Å². The normalized spacial score (nSPS) is 9.81. The third-order valence-corrected chi connectivity index (χ3v) is 2.82. The van der Waals surface area contributed by atoms with E-state index < -0.39 is 11.9 Å². The minimum absolute atomic E-state index is 0.155. The van der Waals surface area contributed by atoms with E-state index in [0.29, 0.717) is 11.3 Å². The summed E-state index contributed by atoms with van der Waals surface area (Å²) in [7, 11) is 2.93. The Kier molecular flexibility index (Phi) is 4.56. The maximum absolute atomic E-state index is 12.0. The van der Waals surface area contributed by atoms with Crippen molar-refractivity contribution in [3.05, 3.63) is 59.7 Å². The Morgan fingerprint density at radius 3 is 2.19 bits per heavy atom. The van der Waals surface area contributed by atoms with E-state index >= 15 is 0 Å². The number of esters is 2. The molecule has 0 saturated heterocycles. The summed E-state index contributed by atoms with van der Waals surface area (Å²) >= 11 is 0. The van der Waals surface area contributed by atoms with Crippen molar-refractivity contribution in [2.75, 3.05) is 14.2 Å². The zero-order chi connectivity index (χ0) is 15.2. The van der Waals surface area contributed by atoms with E-state index in [1.807, 2.05) is 0 Å². The van der Waals surface area contributed by atoms with Crippen molar-refractivity contribution in [2.45, 2.75) is 0 Å². The van der Waals surface area contributed by atoms with Crippen molar-refractivity contribution in [1.82, 2.24) is 0 Å². The van der Waals surface area contributed by atoms with Crippen LogP contribution in [-0.4, -0.2) is 26.2 Å². The van der Waals surface area contributed by atoms with E-state index in [2.05, 4.69) is 0 Å². The molecular weight excluding hydrogens is 272 g/mol. The molecule has 0 spiro atoms. The molecule has 0 aromatic heterocycles. The third-order valence-electron chi connectivity index (χ3n) is 2.82. The molecule has 0 bridgehead atoms. The predicted molar refractivity (Wildman–Crippen MR) is 75.7 cm³/mol. The van der Waals surface area contributed by atoms with E-state index in [-0.39, 0.29) is 11.3 Å². The molecule has 0 atom stereocenters. The van der Waals surface area contributed by atoms with E-state index in [1.165, 1.54) is 20.3 Å². The van der Waals surface area contributed by atoms with Gasteiger partial charge in [-0.1, -0.05) is 18.2 Å². The van der Waals surface area contributed by atoms with Crippen molar-refractivity contribution in [1.29, 1.82) is 0 Å². The number of rotatable bonds is 4. The lowest BCUT2D eigenvalue weighted by atomic mass is 10.2. The summed E-state index contributed by atoms with van der Waals surface area (Å²) < 4.78 is 15.0. The fourth-order valence-corrected chi connectivity index (χ4v) is 1.74. The van der Waals surface area contributed by atoms with Crippen LogP contribution in [0.5, 0.6) is 11.5 Å². The van der Waals surface area contributed by atoms with Crippen LogP contribution in [0.1, 0.15) is 20.7 Å². The number of benzene rings is 2. The molecule has 0 aliphatic heterocycles. The molecule has 5 heteroatoms. The smallest absolute Gasteiger partial charge is 0.349 e. The second kappa shape index (κ2) is 6.56. The third kappa shape index (κ3) is 3.39. The van der Waals surface area contributed by atoms with Gasteiger partial charge in [-0.15, -0.1) is 0 Å². The van der Waals surface area contributed by atoms with Gasteiger partial charge in [-0.2, -0.15) is 0 Å². The molecule has 0 N–H and O–H groups in total. The van der Waals surface area contributed by atoms with Crippen LogP contribution in [0, 0.1) is 0 Å². The Hall–Kier alpha value is -2.82. The first kappa shape index (κ1) is 14.6. The first-order chi connectivity index (χ1) is 10.2.